The molecule has 0 saturated heterocycles. The van der Waals surface area contributed by atoms with Crippen molar-refractivity contribution < 1.29 is 33.0 Å². The minimum absolute atomic E-state index is 0.125. The Hall–Kier alpha value is -3.03. The van der Waals surface area contributed by atoms with Crippen molar-refractivity contribution in [1.29, 1.82) is 0 Å². The van der Waals surface area contributed by atoms with E-state index in [1.807, 2.05) is 18.2 Å². The molecule has 3 N–H and O–H groups in total. The van der Waals surface area contributed by atoms with Crippen molar-refractivity contribution in [1.82, 2.24) is 0 Å². The second-order valence-electron chi connectivity index (χ2n) is 8.76. The van der Waals surface area contributed by atoms with E-state index in [0.29, 0.717) is 5.56 Å². The van der Waals surface area contributed by atoms with E-state index in [9.17, 15) is 18.0 Å². The van der Waals surface area contributed by atoms with E-state index in [1.165, 1.54) is 30.5 Å². The molecule has 2 aliphatic rings. The third-order valence-electron chi connectivity index (χ3n) is 6.17. The fourth-order valence-corrected chi connectivity index (χ4v) is 4.46. The molecule has 33 heavy (non-hydrogen) atoms. The van der Waals surface area contributed by atoms with Crippen molar-refractivity contribution in [2.24, 2.45) is 11.8 Å². The maximum absolute atomic E-state index is 13.2. The molecule has 1 atom stereocenters. The second-order valence-corrected chi connectivity index (χ2v) is 8.76. The molecule has 4 rings (SSSR count). The van der Waals surface area contributed by atoms with Gasteiger partial charge in [-0.2, -0.15) is 13.2 Å². The zero-order valence-electron chi connectivity index (χ0n) is 18.1. The lowest BCUT2D eigenvalue weighted by atomic mass is 9.83. The van der Waals surface area contributed by atoms with E-state index in [0.717, 1.165) is 55.8 Å². The third-order valence-corrected chi connectivity index (χ3v) is 6.17. The normalized spacial score (nSPS) is 17.1. The molecule has 1 amide bonds. The SMILES string of the molecule is O=C(Nc1cccc(CC2CC2)c1)[C@H](c1ccc(C(F)(F)F)cc1)C1CCCC1.O=C(O)O. The number of benzene rings is 2. The number of anilines is 1. The van der Waals surface area contributed by atoms with E-state index in [2.05, 4.69) is 11.4 Å². The van der Waals surface area contributed by atoms with Crippen LogP contribution in [0.3, 0.4) is 0 Å². The lowest BCUT2D eigenvalue weighted by molar-refractivity contribution is -0.137. The molecule has 2 fully saturated rings. The first-order chi connectivity index (χ1) is 15.6. The van der Waals surface area contributed by atoms with E-state index < -0.39 is 23.8 Å². The minimum atomic E-state index is -4.37. The summed E-state index contributed by atoms with van der Waals surface area (Å²) in [5.74, 6) is 0.382. The Bertz CT molecular complexity index is 945. The van der Waals surface area contributed by atoms with Gasteiger partial charge in [-0.15, -0.1) is 0 Å². The number of nitrogens with one attached hydrogen (secondary N) is 1. The van der Waals surface area contributed by atoms with Crippen LogP contribution in [-0.2, 0) is 17.4 Å². The van der Waals surface area contributed by atoms with Crippen molar-refractivity contribution in [2.75, 3.05) is 5.32 Å². The van der Waals surface area contributed by atoms with Crippen molar-refractivity contribution in [3.05, 3.63) is 65.2 Å². The Balaban J connectivity index is 0.000000709. The maximum Gasteiger partial charge on any atom is 0.503 e. The first kappa shape index (κ1) is 24.6. The number of carbonyl (C=O) groups excluding carboxylic acids is 1. The Labute approximate surface area is 190 Å². The van der Waals surface area contributed by atoms with E-state index in [4.69, 9.17) is 15.0 Å². The van der Waals surface area contributed by atoms with Crippen LogP contribution in [0.15, 0.2) is 48.5 Å². The molecule has 0 radical (unpaired) electrons. The van der Waals surface area contributed by atoms with E-state index in [-0.39, 0.29) is 11.8 Å². The Kier molecular flexibility index (Phi) is 8.00. The van der Waals surface area contributed by atoms with Gasteiger partial charge in [-0.1, -0.05) is 37.1 Å². The van der Waals surface area contributed by atoms with E-state index >= 15 is 0 Å². The van der Waals surface area contributed by atoms with Crippen molar-refractivity contribution >= 4 is 17.7 Å². The summed E-state index contributed by atoms with van der Waals surface area (Å²) in [6, 6.07) is 13.0. The van der Waals surface area contributed by atoms with Crippen LogP contribution in [-0.4, -0.2) is 22.3 Å². The van der Waals surface area contributed by atoms with Crippen LogP contribution < -0.4 is 5.32 Å². The fourth-order valence-electron chi connectivity index (χ4n) is 4.46. The van der Waals surface area contributed by atoms with Crippen LogP contribution in [0.5, 0.6) is 0 Å². The van der Waals surface area contributed by atoms with Gasteiger partial charge in [0.15, 0.2) is 0 Å². The van der Waals surface area contributed by atoms with Gasteiger partial charge in [0.05, 0.1) is 11.5 Å². The molecule has 5 nitrogen and oxygen atoms in total. The number of halogens is 3. The molecule has 8 heteroatoms. The number of hydrogen-bond acceptors (Lipinski definition) is 2. The summed E-state index contributed by atoms with van der Waals surface area (Å²) in [7, 11) is 0. The summed E-state index contributed by atoms with van der Waals surface area (Å²) < 4.78 is 38.8. The highest BCUT2D eigenvalue weighted by Gasteiger charge is 2.34. The number of carboxylic acid groups (broad SMARTS) is 2. The van der Waals surface area contributed by atoms with Gasteiger partial charge in [-0.3, -0.25) is 4.79 Å². The number of hydrogen-bond donors (Lipinski definition) is 3. The lowest BCUT2D eigenvalue weighted by Crippen LogP contribution is -2.26. The Morgan fingerprint density at radius 2 is 1.58 bits per heavy atom. The molecule has 0 heterocycles. The smallest absolute Gasteiger partial charge is 0.450 e. The van der Waals surface area contributed by atoms with Gasteiger partial charge in [-0.25, -0.2) is 4.79 Å². The summed E-state index contributed by atoms with van der Waals surface area (Å²) in [5.41, 5.74) is 1.97. The maximum atomic E-state index is 13.2. The Morgan fingerprint density at radius 3 is 2.12 bits per heavy atom. The minimum Gasteiger partial charge on any atom is -0.450 e. The second kappa shape index (κ2) is 10.7. The monoisotopic (exact) mass is 463 g/mol. The Morgan fingerprint density at radius 1 is 0.970 bits per heavy atom. The topological polar surface area (TPSA) is 86.6 Å². The predicted octanol–water partition coefficient (Wildman–Crippen LogP) is 6.79. The molecule has 0 unspecified atom stereocenters. The molecule has 0 spiro atoms. The highest BCUT2D eigenvalue weighted by molar-refractivity contribution is 5.96. The molecular weight excluding hydrogens is 435 g/mol. The summed E-state index contributed by atoms with van der Waals surface area (Å²) in [6.07, 6.45) is 1.36. The highest BCUT2D eigenvalue weighted by atomic mass is 19.4. The van der Waals surface area contributed by atoms with Crippen LogP contribution in [0.1, 0.15) is 61.1 Å². The van der Waals surface area contributed by atoms with Gasteiger partial charge >= 0.3 is 12.3 Å². The zero-order chi connectivity index (χ0) is 24.0. The number of carbonyl (C=O) groups is 2. The quantitative estimate of drug-likeness (QED) is 0.440. The number of rotatable bonds is 6. The first-order valence-electron chi connectivity index (χ1n) is 11.1. The van der Waals surface area contributed by atoms with Gasteiger partial charge < -0.3 is 15.5 Å². The lowest BCUT2D eigenvalue weighted by Gasteiger charge is -2.24. The van der Waals surface area contributed by atoms with Crippen LogP contribution >= 0.6 is 0 Å². The molecular formula is C25H28F3NO4. The fraction of sp³-hybridized carbons (Fsp3) is 0.440. The predicted molar refractivity (Wildman–Crippen MR) is 118 cm³/mol. The van der Waals surface area contributed by atoms with Crippen molar-refractivity contribution in [3.8, 4) is 0 Å². The summed E-state index contributed by atoms with van der Waals surface area (Å²) in [5, 5.41) is 17.0. The van der Waals surface area contributed by atoms with Gasteiger partial charge in [0.1, 0.15) is 0 Å². The van der Waals surface area contributed by atoms with Gasteiger partial charge in [-0.05, 0) is 79.3 Å². The largest absolute Gasteiger partial charge is 0.503 e. The summed E-state index contributed by atoms with van der Waals surface area (Å²) in [4.78, 5) is 21.8. The number of alkyl halides is 3. The van der Waals surface area contributed by atoms with Gasteiger partial charge in [0, 0.05) is 5.69 Å². The molecule has 2 aliphatic carbocycles. The van der Waals surface area contributed by atoms with Crippen molar-refractivity contribution in [3.63, 3.8) is 0 Å². The van der Waals surface area contributed by atoms with Crippen LogP contribution in [0, 0.1) is 11.8 Å². The molecule has 0 aliphatic heterocycles. The third kappa shape index (κ3) is 7.51. The molecule has 0 bridgehead atoms. The molecule has 178 valence electrons. The average molecular weight is 463 g/mol. The summed E-state index contributed by atoms with van der Waals surface area (Å²) in [6.45, 7) is 0. The van der Waals surface area contributed by atoms with Crippen LogP contribution in [0.25, 0.3) is 0 Å². The zero-order valence-corrected chi connectivity index (χ0v) is 18.1. The first-order valence-corrected chi connectivity index (χ1v) is 11.1. The molecule has 2 aromatic carbocycles. The van der Waals surface area contributed by atoms with Crippen molar-refractivity contribution in [2.45, 2.75) is 57.0 Å². The molecule has 0 aromatic heterocycles. The van der Waals surface area contributed by atoms with Gasteiger partial charge in [0.2, 0.25) is 5.91 Å². The van der Waals surface area contributed by atoms with E-state index in [1.54, 1.807) is 0 Å². The van der Waals surface area contributed by atoms with Gasteiger partial charge in [0.25, 0.3) is 0 Å². The number of amides is 1. The standard InChI is InChI=1S/C24H26F3NO.CH2O3/c25-24(26,27)20-12-10-19(11-13-20)22(18-5-1-2-6-18)23(29)28-21-7-3-4-17(15-21)14-16-8-9-16;2-1(3)4/h3-4,7,10-13,15-16,18,22H,1-2,5-6,8-9,14H2,(H,28,29);(H2,2,3,4)/t22-;/m0./s1. The summed E-state index contributed by atoms with van der Waals surface area (Å²) >= 11 is 0. The molecule has 2 aromatic rings. The highest BCUT2D eigenvalue weighted by Crippen LogP contribution is 2.39. The average Bonchev–Trinajstić information content (AvgIpc) is 3.38. The van der Waals surface area contributed by atoms with Crippen LogP contribution in [0.4, 0.5) is 23.7 Å². The molecule has 2 saturated carbocycles. The van der Waals surface area contributed by atoms with Crippen LogP contribution in [0.2, 0.25) is 0 Å².